The highest BCUT2D eigenvalue weighted by atomic mass is 32.2. The van der Waals surface area contributed by atoms with Gasteiger partial charge in [-0.3, -0.25) is 4.79 Å². The molecule has 1 amide bonds. The number of nitrogens with one attached hydrogen (secondary N) is 1. The van der Waals surface area contributed by atoms with Crippen LogP contribution < -0.4 is 5.32 Å². The van der Waals surface area contributed by atoms with E-state index in [1.54, 1.807) is 17.8 Å². The van der Waals surface area contributed by atoms with E-state index >= 15 is 0 Å². The van der Waals surface area contributed by atoms with Gasteiger partial charge in [0.1, 0.15) is 5.82 Å². The molecule has 1 saturated carbocycles. The van der Waals surface area contributed by atoms with Crippen molar-refractivity contribution in [3.63, 3.8) is 0 Å². The van der Waals surface area contributed by atoms with Crippen molar-refractivity contribution in [1.82, 2.24) is 9.88 Å². The van der Waals surface area contributed by atoms with Crippen molar-refractivity contribution in [2.75, 3.05) is 5.75 Å². The predicted molar refractivity (Wildman–Crippen MR) is 138 cm³/mol. The molecule has 1 heterocycles. The summed E-state index contributed by atoms with van der Waals surface area (Å²) < 4.78 is 55.5. The quantitative estimate of drug-likeness (QED) is 0.188. The zero-order chi connectivity index (χ0) is 26.2. The third kappa shape index (κ3) is 5.69. The standard InChI is InChI=1S/C29H26F4N2OS/c1-2-37-25-10-3-18(4-11-25)17-34-28(36)20-6-12-27-21(13-20)15-24(35(27)23-8-9-23)14-19-5-7-22(16-26(19)30)29(31,32)33/h3-7,10-13,15-16,23H,2,8-9,14,17H2,1H3,(H,34,36). The van der Waals surface area contributed by atoms with E-state index < -0.39 is 17.6 Å². The van der Waals surface area contributed by atoms with Crippen LogP contribution in [0.2, 0.25) is 0 Å². The van der Waals surface area contributed by atoms with E-state index in [2.05, 4.69) is 16.8 Å². The molecule has 8 heteroatoms. The number of thioether (sulfide) groups is 1. The molecule has 1 N–H and O–H groups in total. The lowest BCUT2D eigenvalue weighted by molar-refractivity contribution is -0.137. The fraction of sp³-hybridized carbons (Fsp3) is 0.276. The molecule has 1 aliphatic rings. The Balaban J connectivity index is 1.36. The average molecular weight is 527 g/mol. The highest BCUT2D eigenvalue weighted by molar-refractivity contribution is 7.99. The van der Waals surface area contributed by atoms with Gasteiger partial charge in [-0.2, -0.15) is 13.2 Å². The molecule has 5 rings (SSSR count). The van der Waals surface area contributed by atoms with Crippen molar-refractivity contribution in [2.24, 2.45) is 0 Å². The number of halogens is 4. The molecule has 0 radical (unpaired) electrons. The SMILES string of the molecule is CCSc1ccc(CNC(=O)c2ccc3c(c2)cc(Cc2ccc(C(F)(F)F)cc2F)n3C2CC2)cc1. The largest absolute Gasteiger partial charge is 0.416 e. The summed E-state index contributed by atoms with van der Waals surface area (Å²) in [6, 6.07) is 18.5. The summed E-state index contributed by atoms with van der Waals surface area (Å²) in [5.74, 6) is -0.0607. The molecule has 0 saturated heterocycles. The Hall–Kier alpha value is -3.26. The van der Waals surface area contributed by atoms with E-state index in [-0.39, 0.29) is 23.9 Å². The Labute approximate surface area is 216 Å². The Bertz CT molecular complexity index is 1440. The van der Waals surface area contributed by atoms with Gasteiger partial charge in [0, 0.05) is 46.1 Å². The topological polar surface area (TPSA) is 34.0 Å². The van der Waals surface area contributed by atoms with Gasteiger partial charge in [0.15, 0.2) is 0 Å². The van der Waals surface area contributed by atoms with Gasteiger partial charge in [0.2, 0.25) is 0 Å². The number of hydrogen-bond acceptors (Lipinski definition) is 2. The first kappa shape index (κ1) is 25.4. The molecular weight excluding hydrogens is 500 g/mol. The Kier molecular flexibility index (Phi) is 7.03. The van der Waals surface area contributed by atoms with Crippen LogP contribution in [0.1, 0.15) is 58.5 Å². The van der Waals surface area contributed by atoms with Crippen LogP contribution in [0, 0.1) is 5.82 Å². The molecule has 0 bridgehead atoms. The lowest BCUT2D eigenvalue weighted by atomic mass is 10.1. The van der Waals surface area contributed by atoms with Crippen LogP contribution in [-0.2, 0) is 19.1 Å². The minimum atomic E-state index is -4.59. The van der Waals surface area contributed by atoms with E-state index in [0.717, 1.165) is 46.8 Å². The van der Waals surface area contributed by atoms with Crippen LogP contribution >= 0.6 is 11.8 Å². The average Bonchev–Trinajstić information content (AvgIpc) is 3.64. The smallest absolute Gasteiger partial charge is 0.348 e. The van der Waals surface area contributed by atoms with Crippen molar-refractivity contribution in [1.29, 1.82) is 0 Å². The number of alkyl halides is 3. The van der Waals surface area contributed by atoms with Crippen molar-refractivity contribution < 1.29 is 22.4 Å². The second-order valence-electron chi connectivity index (χ2n) is 9.25. The first-order chi connectivity index (χ1) is 17.7. The molecule has 0 atom stereocenters. The molecule has 0 spiro atoms. The van der Waals surface area contributed by atoms with Crippen LogP contribution in [0.5, 0.6) is 0 Å². The van der Waals surface area contributed by atoms with Gasteiger partial charge < -0.3 is 9.88 Å². The number of hydrogen-bond donors (Lipinski definition) is 1. The second-order valence-corrected chi connectivity index (χ2v) is 10.6. The molecule has 1 fully saturated rings. The first-order valence-corrected chi connectivity index (χ1v) is 13.2. The molecule has 3 nitrogen and oxygen atoms in total. The van der Waals surface area contributed by atoms with Crippen LogP contribution in [0.15, 0.2) is 71.6 Å². The summed E-state index contributed by atoms with van der Waals surface area (Å²) in [5, 5.41) is 3.81. The van der Waals surface area contributed by atoms with Gasteiger partial charge in [-0.1, -0.05) is 25.1 Å². The molecule has 1 aromatic heterocycles. The Morgan fingerprint density at radius 2 is 1.78 bits per heavy atom. The van der Waals surface area contributed by atoms with Crippen LogP contribution in [0.4, 0.5) is 17.6 Å². The van der Waals surface area contributed by atoms with E-state index in [1.165, 1.54) is 11.0 Å². The predicted octanol–water partition coefficient (Wildman–Crippen LogP) is 7.77. The Morgan fingerprint density at radius 1 is 1.03 bits per heavy atom. The number of amides is 1. The number of fused-ring (bicyclic) bond motifs is 1. The van der Waals surface area contributed by atoms with Crippen molar-refractivity contribution in [3.05, 3.63) is 100 Å². The molecular formula is C29H26F4N2OS. The summed E-state index contributed by atoms with van der Waals surface area (Å²) in [5.41, 5.74) is 2.49. The summed E-state index contributed by atoms with van der Waals surface area (Å²) in [4.78, 5) is 14.0. The van der Waals surface area contributed by atoms with Gasteiger partial charge in [0.25, 0.3) is 5.91 Å². The molecule has 192 valence electrons. The summed E-state index contributed by atoms with van der Waals surface area (Å²) in [6.07, 6.45) is -2.44. The van der Waals surface area contributed by atoms with Crippen molar-refractivity contribution in [2.45, 2.75) is 49.8 Å². The van der Waals surface area contributed by atoms with Crippen LogP contribution in [0.25, 0.3) is 10.9 Å². The number of carbonyl (C=O) groups is 1. The second kappa shape index (κ2) is 10.2. The zero-order valence-electron chi connectivity index (χ0n) is 20.2. The molecule has 4 aromatic rings. The lowest BCUT2D eigenvalue weighted by Crippen LogP contribution is -2.22. The fourth-order valence-electron chi connectivity index (χ4n) is 4.55. The summed E-state index contributed by atoms with van der Waals surface area (Å²) in [6.45, 7) is 2.51. The Morgan fingerprint density at radius 3 is 2.43 bits per heavy atom. The number of rotatable bonds is 8. The number of aromatic nitrogens is 1. The molecule has 1 aliphatic carbocycles. The monoisotopic (exact) mass is 526 g/mol. The lowest BCUT2D eigenvalue weighted by Gasteiger charge is -2.12. The first-order valence-electron chi connectivity index (χ1n) is 12.2. The van der Waals surface area contributed by atoms with Gasteiger partial charge in [0.05, 0.1) is 5.56 Å². The van der Waals surface area contributed by atoms with E-state index in [0.29, 0.717) is 18.2 Å². The maximum Gasteiger partial charge on any atom is 0.416 e. The molecule has 3 aromatic carbocycles. The van der Waals surface area contributed by atoms with Gasteiger partial charge in [-0.15, -0.1) is 11.8 Å². The maximum atomic E-state index is 14.6. The van der Waals surface area contributed by atoms with Gasteiger partial charge >= 0.3 is 6.18 Å². The van der Waals surface area contributed by atoms with Gasteiger partial charge in [-0.05, 0) is 78.3 Å². The summed E-state index contributed by atoms with van der Waals surface area (Å²) >= 11 is 1.76. The third-order valence-corrected chi connectivity index (χ3v) is 7.43. The highest BCUT2D eigenvalue weighted by Gasteiger charge is 2.32. The van der Waals surface area contributed by atoms with Crippen molar-refractivity contribution >= 4 is 28.6 Å². The van der Waals surface area contributed by atoms with Gasteiger partial charge in [-0.25, -0.2) is 4.39 Å². The third-order valence-electron chi connectivity index (χ3n) is 6.53. The minimum absolute atomic E-state index is 0.170. The normalized spacial score (nSPS) is 13.8. The fourth-order valence-corrected chi connectivity index (χ4v) is 5.21. The molecule has 0 aliphatic heterocycles. The molecule has 0 unspecified atom stereocenters. The number of nitrogens with zero attached hydrogens (tertiary/aromatic N) is 1. The summed E-state index contributed by atoms with van der Waals surface area (Å²) in [7, 11) is 0. The van der Waals surface area contributed by atoms with E-state index in [9.17, 15) is 22.4 Å². The zero-order valence-corrected chi connectivity index (χ0v) is 21.1. The van der Waals surface area contributed by atoms with Crippen LogP contribution in [0.3, 0.4) is 0 Å². The number of benzene rings is 3. The minimum Gasteiger partial charge on any atom is -0.348 e. The maximum absolute atomic E-state index is 14.6. The van der Waals surface area contributed by atoms with E-state index in [1.807, 2.05) is 42.5 Å². The molecule has 37 heavy (non-hydrogen) atoms. The number of carbonyl (C=O) groups excluding carboxylic acids is 1. The highest BCUT2D eigenvalue weighted by Crippen LogP contribution is 2.40. The van der Waals surface area contributed by atoms with E-state index in [4.69, 9.17) is 0 Å². The van der Waals surface area contributed by atoms with Crippen molar-refractivity contribution in [3.8, 4) is 0 Å². The van der Waals surface area contributed by atoms with Crippen LogP contribution in [-0.4, -0.2) is 16.2 Å².